The maximum absolute atomic E-state index is 13.2. The maximum atomic E-state index is 13.2. The van der Waals surface area contributed by atoms with E-state index in [1.165, 1.54) is 4.31 Å². The molecule has 1 saturated heterocycles. The number of aromatic nitrogens is 2. The predicted octanol–water partition coefficient (Wildman–Crippen LogP) is 4.64. The second-order valence-corrected chi connectivity index (χ2v) is 11.3. The fraction of sp³-hybridized carbons (Fsp3) is 0.133. The number of para-hydroxylation sites is 2. The summed E-state index contributed by atoms with van der Waals surface area (Å²) < 4.78 is 29.7. The molecule has 0 aliphatic carbocycles. The molecule has 0 saturated carbocycles. The minimum atomic E-state index is -3.55. The van der Waals surface area contributed by atoms with Crippen molar-refractivity contribution in [3.05, 3.63) is 120 Å². The smallest absolute Gasteiger partial charge is 0.243 e. The van der Waals surface area contributed by atoms with Crippen LogP contribution in [0.5, 0.6) is 0 Å². The van der Waals surface area contributed by atoms with Gasteiger partial charge < -0.3 is 10.2 Å². The molecule has 1 N–H and O–H groups in total. The summed E-state index contributed by atoms with van der Waals surface area (Å²) in [4.78, 5) is 20.1. The van der Waals surface area contributed by atoms with Crippen molar-refractivity contribution in [2.75, 3.05) is 36.4 Å². The van der Waals surface area contributed by atoms with Crippen LogP contribution in [0.2, 0.25) is 0 Å². The molecule has 6 rings (SSSR count). The van der Waals surface area contributed by atoms with Crippen LogP contribution >= 0.6 is 0 Å². The molecule has 3 aromatic carbocycles. The molecule has 0 radical (unpaired) electrons. The second-order valence-electron chi connectivity index (χ2n) is 9.32. The Balaban J connectivity index is 1.37. The minimum absolute atomic E-state index is 0.131. The lowest BCUT2D eigenvalue weighted by Crippen LogP contribution is -2.48. The van der Waals surface area contributed by atoms with E-state index < -0.39 is 10.0 Å². The molecule has 1 aliphatic heterocycles. The van der Waals surface area contributed by atoms with Crippen LogP contribution in [0, 0.1) is 0 Å². The molecule has 1 fully saturated rings. The first kappa shape index (κ1) is 24.8. The topological polar surface area (TPSA) is 87.5 Å². The van der Waals surface area contributed by atoms with Crippen molar-refractivity contribution in [2.45, 2.75) is 4.90 Å². The standard InChI is InChI=1S/C30H27N5O3S/c36-28-21-30(32-23-10-4-1-5-11-23)35(24-12-6-2-7-13-24)27-20-29(31-22-26(27)28)33-16-18-34(19-17-33)39(37,38)25-14-8-3-9-15-25/h1-15,20-22,32H,16-19H2. The maximum Gasteiger partial charge on any atom is 0.243 e. The molecule has 8 nitrogen and oxygen atoms in total. The Bertz CT molecular complexity index is 1770. The highest BCUT2D eigenvalue weighted by atomic mass is 32.2. The van der Waals surface area contributed by atoms with Crippen LogP contribution in [0.25, 0.3) is 16.6 Å². The Kier molecular flexibility index (Phi) is 6.60. The third-order valence-electron chi connectivity index (χ3n) is 6.89. The molecule has 3 heterocycles. The van der Waals surface area contributed by atoms with E-state index in [0.717, 1.165) is 16.9 Å². The van der Waals surface area contributed by atoms with Gasteiger partial charge in [0.1, 0.15) is 11.6 Å². The van der Waals surface area contributed by atoms with Crippen LogP contribution in [0.1, 0.15) is 0 Å². The number of hydrogen-bond acceptors (Lipinski definition) is 6. The lowest BCUT2D eigenvalue weighted by atomic mass is 10.2. The third-order valence-corrected chi connectivity index (χ3v) is 8.80. The first-order valence-corrected chi connectivity index (χ1v) is 14.2. The SMILES string of the molecule is O=c1cc(Nc2ccccc2)n(-c2ccccc2)c2cc(N3CCN(S(=O)(=O)c4ccccc4)CC3)ncc12. The van der Waals surface area contributed by atoms with E-state index in [4.69, 9.17) is 0 Å². The average Bonchev–Trinajstić information content (AvgIpc) is 2.98. The summed E-state index contributed by atoms with van der Waals surface area (Å²) >= 11 is 0. The van der Waals surface area contributed by atoms with Crippen molar-refractivity contribution < 1.29 is 8.42 Å². The van der Waals surface area contributed by atoms with Gasteiger partial charge in [0.25, 0.3) is 0 Å². The van der Waals surface area contributed by atoms with Crippen molar-refractivity contribution in [2.24, 2.45) is 0 Å². The monoisotopic (exact) mass is 537 g/mol. The molecule has 5 aromatic rings. The van der Waals surface area contributed by atoms with Crippen LogP contribution in [0.4, 0.5) is 17.3 Å². The number of benzene rings is 3. The van der Waals surface area contributed by atoms with Gasteiger partial charge in [-0.05, 0) is 36.4 Å². The Morgan fingerprint density at radius 2 is 1.36 bits per heavy atom. The number of rotatable bonds is 6. The normalized spacial score (nSPS) is 14.4. The van der Waals surface area contributed by atoms with Gasteiger partial charge in [-0.3, -0.25) is 9.36 Å². The van der Waals surface area contributed by atoms with Crippen molar-refractivity contribution in [1.82, 2.24) is 13.9 Å². The molecule has 2 aromatic heterocycles. The zero-order chi connectivity index (χ0) is 26.8. The van der Waals surface area contributed by atoms with Gasteiger partial charge >= 0.3 is 0 Å². The average molecular weight is 538 g/mol. The van der Waals surface area contributed by atoms with Gasteiger partial charge in [0.05, 0.1) is 15.8 Å². The van der Waals surface area contributed by atoms with Gasteiger partial charge in [-0.2, -0.15) is 4.31 Å². The fourth-order valence-corrected chi connectivity index (χ4v) is 6.34. The highest BCUT2D eigenvalue weighted by molar-refractivity contribution is 7.89. The molecule has 9 heteroatoms. The summed E-state index contributed by atoms with van der Waals surface area (Å²) in [7, 11) is -3.55. The number of nitrogens with one attached hydrogen (secondary N) is 1. The van der Waals surface area contributed by atoms with Gasteiger partial charge in [-0.25, -0.2) is 13.4 Å². The molecule has 0 atom stereocenters. The summed E-state index contributed by atoms with van der Waals surface area (Å²) in [5.74, 6) is 1.33. The number of fused-ring (bicyclic) bond motifs is 1. The van der Waals surface area contributed by atoms with Crippen molar-refractivity contribution >= 4 is 38.2 Å². The third kappa shape index (κ3) is 4.89. The summed E-state index contributed by atoms with van der Waals surface area (Å²) in [6.07, 6.45) is 1.62. The van der Waals surface area contributed by atoms with Gasteiger partial charge in [0.2, 0.25) is 10.0 Å². The van der Waals surface area contributed by atoms with E-state index in [9.17, 15) is 13.2 Å². The molecule has 0 amide bonds. The molecule has 0 bridgehead atoms. The Morgan fingerprint density at radius 3 is 2.03 bits per heavy atom. The quantitative estimate of drug-likeness (QED) is 0.340. The van der Waals surface area contributed by atoms with Crippen LogP contribution < -0.4 is 15.6 Å². The zero-order valence-electron chi connectivity index (χ0n) is 21.1. The highest BCUT2D eigenvalue weighted by Crippen LogP contribution is 2.28. The molecule has 0 unspecified atom stereocenters. The molecule has 39 heavy (non-hydrogen) atoms. The molecule has 196 valence electrons. The predicted molar refractivity (Wildman–Crippen MR) is 154 cm³/mol. The second kappa shape index (κ2) is 10.4. The summed E-state index contributed by atoms with van der Waals surface area (Å²) in [6, 6.07) is 31.6. The number of sulfonamides is 1. The van der Waals surface area contributed by atoms with Gasteiger partial charge in [-0.15, -0.1) is 0 Å². The van der Waals surface area contributed by atoms with Gasteiger partial charge in [0, 0.05) is 55.9 Å². The highest BCUT2D eigenvalue weighted by Gasteiger charge is 2.29. The molecular weight excluding hydrogens is 510 g/mol. The lowest BCUT2D eigenvalue weighted by molar-refractivity contribution is 0.384. The van der Waals surface area contributed by atoms with Gasteiger partial charge in [-0.1, -0.05) is 54.6 Å². The Labute approximate surface area is 226 Å². The number of piperazine rings is 1. The van der Waals surface area contributed by atoms with Gasteiger partial charge in [0.15, 0.2) is 5.43 Å². The molecule has 1 aliphatic rings. The zero-order valence-corrected chi connectivity index (χ0v) is 22.0. The summed E-state index contributed by atoms with van der Waals surface area (Å²) in [5, 5.41) is 3.90. The van der Waals surface area contributed by atoms with Crippen molar-refractivity contribution in [3.63, 3.8) is 0 Å². The summed E-state index contributed by atoms with van der Waals surface area (Å²) in [5.41, 5.74) is 2.35. The minimum Gasteiger partial charge on any atom is -0.354 e. The Hall–Kier alpha value is -4.47. The van der Waals surface area contributed by atoms with Crippen LogP contribution in [0.3, 0.4) is 0 Å². The van der Waals surface area contributed by atoms with E-state index in [0.29, 0.717) is 48.1 Å². The Morgan fingerprint density at radius 1 is 0.744 bits per heavy atom. The van der Waals surface area contributed by atoms with E-state index in [2.05, 4.69) is 15.2 Å². The van der Waals surface area contributed by atoms with E-state index >= 15 is 0 Å². The van der Waals surface area contributed by atoms with Crippen LogP contribution in [-0.4, -0.2) is 48.5 Å². The van der Waals surface area contributed by atoms with E-state index in [-0.39, 0.29) is 5.43 Å². The number of pyridine rings is 2. The number of anilines is 3. The number of hydrogen-bond donors (Lipinski definition) is 1. The number of nitrogens with zero attached hydrogens (tertiary/aromatic N) is 4. The van der Waals surface area contributed by atoms with E-state index in [1.54, 1.807) is 42.6 Å². The largest absolute Gasteiger partial charge is 0.354 e. The molecular formula is C30H27N5O3S. The van der Waals surface area contributed by atoms with Crippen LogP contribution in [-0.2, 0) is 10.0 Å². The molecule has 0 spiro atoms. The lowest BCUT2D eigenvalue weighted by Gasteiger charge is -2.34. The first-order valence-electron chi connectivity index (χ1n) is 12.7. The van der Waals surface area contributed by atoms with Crippen molar-refractivity contribution in [1.29, 1.82) is 0 Å². The summed E-state index contributed by atoms with van der Waals surface area (Å²) in [6.45, 7) is 1.67. The van der Waals surface area contributed by atoms with Crippen LogP contribution in [0.15, 0.2) is 119 Å². The fourth-order valence-electron chi connectivity index (χ4n) is 4.89. The van der Waals surface area contributed by atoms with E-state index in [1.807, 2.05) is 71.3 Å². The first-order chi connectivity index (χ1) is 19.0. The van der Waals surface area contributed by atoms with Crippen molar-refractivity contribution in [3.8, 4) is 5.69 Å².